The molecule has 0 bridgehead atoms. The second-order valence-corrected chi connectivity index (χ2v) is 6.19. The van der Waals surface area contributed by atoms with Crippen molar-refractivity contribution in [2.24, 2.45) is 0 Å². The molecule has 1 amide bonds. The number of hydrogen-bond donors (Lipinski definition) is 1. The van der Waals surface area contributed by atoms with Crippen LogP contribution in [0, 0.1) is 5.82 Å². The molecule has 0 saturated carbocycles. The molecular formula is C22H21FN2O3. The number of pyridine rings is 1. The van der Waals surface area contributed by atoms with Crippen LogP contribution < -0.4 is 14.8 Å². The van der Waals surface area contributed by atoms with Gasteiger partial charge in [-0.25, -0.2) is 4.39 Å². The zero-order valence-electron chi connectivity index (χ0n) is 15.7. The van der Waals surface area contributed by atoms with Crippen molar-refractivity contribution < 1.29 is 18.7 Å². The van der Waals surface area contributed by atoms with Crippen molar-refractivity contribution in [2.45, 2.75) is 12.3 Å². The Bertz CT molecular complexity index is 930. The van der Waals surface area contributed by atoms with Crippen LogP contribution in [-0.2, 0) is 11.2 Å². The summed E-state index contributed by atoms with van der Waals surface area (Å²) in [4.78, 5) is 17.4. The van der Waals surface area contributed by atoms with Crippen LogP contribution >= 0.6 is 0 Å². The molecule has 0 fully saturated rings. The van der Waals surface area contributed by atoms with Gasteiger partial charge in [-0.05, 0) is 42.0 Å². The van der Waals surface area contributed by atoms with Gasteiger partial charge in [-0.15, -0.1) is 0 Å². The zero-order valence-corrected chi connectivity index (χ0v) is 15.7. The highest BCUT2D eigenvalue weighted by Gasteiger charge is 2.22. The van der Waals surface area contributed by atoms with Crippen molar-refractivity contribution in [3.63, 3.8) is 0 Å². The average molecular weight is 380 g/mol. The molecule has 3 rings (SSSR count). The van der Waals surface area contributed by atoms with E-state index >= 15 is 0 Å². The number of aromatic nitrogens is 1. The van der Waals surface area contributed by atoms with Crippen molar-refractivity contribution in [1.82, 2.24) is 4.98 Å². The van der Waals surface area contributed by atoms with Crippen LogP contribution in [-0.4, -0.2) is 25.1 Å². The Kier molecular flexibility index (Phi) is 6.22. The molecule has 2 aromatic carbocycles. The molecule has 1 atom stereocenters. The SMILES string of the molecule is COc1ccc(NC(=O)C(Cc2ccccn2)c2ccc(F)cc2)cc1OC. The lowest BCUT2D eigenvalue weighted by Crippen LogP contribution is -2.23. The van der Waals surface area contributed by atoms with Crippen LogP contribution in [0.25, 0.3) is 0 Å². The number of benzene rings is 2. The summed E-state index contributed by atoms with van der Waals surface area (Å²) in [6, 6.07) is 16.7. The number of nitrogens with zero attached hydrogens (tertiary/aromatic N) is 1. The minimum absolute atomic E-state index is 0.218. The third-order valence-electron chi connectivity index (χ3n) is 4.38. The van der Waals surface area contributed by atoms with E-state index < -0.39 is 5.92 Å². The molecule has 0 saturated heterocycles. The summed E-state index contributed by atoms with van der Waals surface area (Å²) in [6.45, 7) is 0. The minimum atomic E-state index is -0.524. The van der Waals surface area contributed by atoms with E-state index in [0.29, 0.717) is 29.2 Å². The van der Waals surface area contributed by atoms with E-state index in [2.05, 4.69) is 10.3 Å². The van der Waals surface area contributed by atoms with Gasteiger partial charge in [-0.2, -0.15) is 0 Å². The summed E-state index contributed by atoms with van der Waals surface area (Å²) < 4.78 is 23.8. The lowest BCUT2D eigenvalue weighted by molar-refractivity contribution is -0.117. The molecule has 28 heavy (non-hydrogen) atoms. The molecule has 3 aromatic rings. The van der Waals surface area contributed by atoms with Gasteiger partial charge in [-0.1, -0.05) is 18.2 Å². The number of anilines is 1. The number of nitrogens with one attached hydrogen (secondary N) is 1. The first-order valence-corrected chi connectivity index (χ1v) is 8.79. The Morgan fingerprint density at radius 1 is 1.04 bits per heavy atom. The third-order valence-corrected chi connectivity index (χ3v) is 4.38. The molecule has 0 radical (unpaired) electrons. The lowest BCUT2D eigenvalue weighted by Gasteiger charge is -2.18. The Labute approximate surface area is 163 Å². The molecular weight excluding hydrogens is 359 g/mol. The molecule has 0 spiro atoms. The van der Waals surface area contributed by atoms with E-state index in [1.54, 1.807) is 43.6 Å². The maximum absolute atomic E-state index is 13.3. The van der Waals surface area contributed by atoms with E-state index in [1.165, 1.54) is 19.2 Å². The Hall–Kier alpha value is -3.41. The summed E-state index contributed by atoms with van der Waals surface area (Å²) >= 11 is 0. The molecule has 0 aliphatic rings. The number of amides is 1. The molecule has 1 N–H and O–H groups in total. The van der Waals surface area contributed by atoms with Crippen LogP contribution in [0.5, 0.6) is 11.5 Å². The number of rotatable bonds is 7. The Morgan fingerprint density at radius 3 is 2.43 bits per heavy atom. The quantitative estimate of drug-likeness (QED) is 0.667. The second-order valence-electron chi connectivity index (χ2n) is 6.19. The first-order valence-electron chi connectivity index (χ1n) is 8.79. The summed E-state index contributed by atoms with van der Waals surface area (Å²) in [5, 5.41) is 2.91. The van der Waals surface area contributed by atoms with Gasteiger partial charge in [0.05, 0.1) is 20.1 Å². The number of carbonyl (C=O) groups is 1. The summed E-state index contributed by atoms with van der Waals surface area (Å²) in [5.74, 6) is 0.00106. The maximum Gasteiger partial charge on any atom is 0.232 e. The largest absolute Gasteiger partial charge is 0.493 e. The summed E-state index contributed by atoms with van der Waals surface area (Å²) in [5.41, 5.74) is 2.07. The number of ether oxygens (including phenoxy) is 2. The lowest BCUT2D eigenvalue weighted by atomic mass is 9.93. The van der Waals surface area contributed by atoms with Crippen molar-refractivity contribution in [3.8, 4) is 11.5 Å². The first-order chi connectivity index (χ1) is 13.6. The van der Waals surface area contributed by atoms with Gasteiger partial charge in [0.15, 0.2) is 11.5 Å². The number of carbonyl (C=O) groups excluding carboxylic acids is 1. The van der Waals surface area contributed by atoms with E-state index in [9.17, 15) is 9.18 Å². The van der Waals surface area contributed by atoms with Crippen LogP contribution in [0.3, 0.4) is 0 Å². The van der Waals surface area contributed by atoms with E-state index in [4.69, 9.17) is 9.47 Å². The third kappa shape index (κ3) is 4.65. The van der Waals surface area contributed by atoms with Gasteiger partial charge in [0.25, 0.3) is 0 Å². The average Bonchev–Trinajstić information content (AvgIpc) is 2.73. The molecule has 144 valence electrons. The van der Waals surface area contributed by atoms with Gasteiger partial charge in [0.2, 0.25) is 5.91 Å². The monoisotopic (exact) mass is 380 g/mol. The Balaban J connectivity index is 1.86. The highest BCUT2D eigenvalue weighted by molar-refractivity contribution is 5.96. The fourth-order valence-electron chi connectivity index (χ4n) is 2.93. The van der Waals surface area contributed by atoms with Crippen LogP contribution in [0.2, 0.25) is 0 Å². The number of hydrogen-bond acceptors (Lipinski definition) is 4. The van der Waals surface area contributed by atoms with Crippen LogP contribution in [0.1, 0.15) is 17.2 Å². The standard InChI is InChI=1S/C22H21FN2O3/c1-27-20-11-10-18(14-21(20)28-2)25-22(26)19(13-17-5-3-4-12-24-17)15-6-8-16(23)9-7-15/h3-12,14,19H,13H2,1-2H3,(H,25,26). The van der Waals surface area contributed by atoms with Gasteiger partial charge >= 0.3 is 0 Å². The predicted molar refractivity (Wildman–Crippen MR) is 105 cm³/mol. The van der Waals surface area contributed by atoms with Crippen molar-refractivity contribution in [1.29, 1.82) is 0 Å². The van der Waals surface area contributed by atoms with Crippen LogP contribution in [0.15, 0.2) is 66.9 Å². The molecule has 0 aliphatic heterocycles. The highest BCUT2D eigenvalue weighted by atomic mass is 19.1. The van der Waals surface area contributed by atoms with Crippen molar-refractivity contribution >= 4 is 11.6 Å². The van der Waals surface area contributed by atoms with Gasteiger partial charge in [-0.3, -0.25) is 9.78 Å². The fourth-order valence-corrected chi connectivity index (χ4v) is 2.93. The van der Waals surface area contributed by atoms with Gasteiger partial charge in [0, 0.05) is 30.1 Å². The smallest absolute Gasteiger partial charge is 0.232 e. The minimum Gasteiger partial charge on any atom is -0.493 e. The summed E-state index contributed by atoms with van der Waals surface area (Å²) in [6.07, 6.45) is 2.08. The van der Waals surface area contributed by atoms with Crippen molar-refractivity contribution in [3.05, 3.63) is 83.9 Å². The maximum atomic E-state index is 13.3. The van der Waals surface area contributed by atoms with E-state index in [-0.39, 0.29) is 11.7 Å². The number of methoxy groups -OCH3 is 2. The summed E-state index contributed by atoms with van der Waals surface area (Å²) in [7, 11) is 3.08. The van der Waals surface area contributed by atoms with Crippen LogP contribution in [0.4, 0.5) is 10.1 Å². The normalized spacial score (nSPS) is 11.5. The first kappa shape index (κ1) is 19.4. The predicted octanol–water partition coefficient (Wildman–Crippen LogP) is 4.20. The molecule has 1 heterocycles. The van der Waals surface area contributed by atoms with Gasteiger partial charge < -0.3 is 14.8 Å². The zero-order chi connectivity index (χ0) is 19.9. The van der Waals surface area contributed by atoms with Gasteiger partial charge in [0.1, 0.15) is 5.82 Å². The fraction of sp³-hybridized carbons (Fsp3) is 0.182. The second kappa shape index (κ2) is 8.99. The van der Waals surface area contributed by atoms with E-state index in [1.807, 2.05) is 18.2 Å². The molecule has 1 aromatic heterocycles. The highest BCUT2D eigenvalue weighted by Crippen LogP contribution is 2.31. The molecule has 1 unspecified atom stereocenters. The molecule has 6 heteroatoms. The number of halogens is 1. The topological polar surface area (TPSA) is 60.5 Å². The van der Waals surface area contributed by atoms with Crippen molar-refractivity contribution in [2.75, 3.05) is 19.5 Å². The Morgan fingerprint density at radius 2 is 1.79 bits per heavy atom. The van der Waals surface area contributed by atoms with E-state index in [0.717, 1.165) is 5.69 Å². The molecule has 5 nitrogen and oxygen atoms in total. The molecule has 0 aliphatic carbocycles.